The van der Waals surface area contributed by atoms with Gasteiger partial charge >= 0.3 is 12.4 Å². The van der Waals surface area contributed by atoms with Crippen LogP contribution in [0.3, 0.4) is 0 Å². The van der Waals surface area contributed by atoms with Crippen molar-refractivity contribution in [3.8, 4) is 0 Å². The van der Waals surface area contributed by atoms with Gasteiger partial charge in [0.1, 0.15) is 13.3 Å². The molecule has 0 N–H and O–H groups in total. The molecule has 2 nitrogen and oxygen atoms in total. The summed E-state index contributed by atoms with van der Waals surface area (Å²) in [5.41, 5.74) is 0.295. The largest absolute Gasteiger partial charge is 0.559 e. The lowest BCUT2D eigenvalue weighted by atomic mass is 10.4. The normalized spacial score (nSPS) is 9.18. The second kappa shape index (κ2) is 12.8. The molecule has 0 atom stereocenters. The van der Waals surface area contributed by atoms with Gasteiger partial charge in [-0.15, -0.1) is 17.6 Å². The van der Waals surface area contributed by atoms with E-state index in [1.165, 1.54) is 6.92 Å². The van der Waals surface area contributed by atoms with Gasteiger partial charge in [0.15, 0.2) is 0 Å². The minimum Gasteiger partial charge on any atom is -0.460 e. The molecule has 0 rings (SSSR count). The Morgan fingerprint density at radius 2 is 1.47 bits per heavy atom. The van der Waals surface area contributed by atoms with Crippen LogP contribution in [0.2, 0.25) is 0 Å². The molecule has 0 aromatic rings. The Balaban J connectivity index is -0.000000207. The van der Waals surface area contributed by atoms with Crippen molar-refractivity contribution >= 4 is 5.97 Å². The van der Waals surface area contributed by atoms with Crippen LogP contribution < -0.4 is 0 Å². The van der Waals surface area contributed by atoms with Gasteiger partial charge in [-0.25, -0.2) is 18.0 Å². The molecule has 0 aromatic carbocycles. The van der Waals surface area contributed by atoms with Gasteiger partial charge in [0.25, 0.3) is 0 Å². The number of alkyl halides is 7. The van der Waals surface area contributed by atoms with E-state index in [-0.39, 0.29) is 6.61 Å². The van der Waals surface area contributed by atoms with Crippen LogP contribution in [0.25, 0.3) is 0 Å². The van der Waals surface area contributed by atoms with Crippen LogP contribution in [0.5, 0.6) is 0 Å². The van der Waals surface area contributed by atoms with E-state index < -0.39 is 26.0 Å². The number of ether oxygens (including phenoxy) is 1. The van der Waals surface area contributed by atoms with Gasteiger partial charge in [0.05, 0.1) is 0 Å². The van der Waals surface area contributed by atoms with Crippen LogP contribution in [0.1, 0.15) is 6.92 Å². The molecule has 104 valence electrons. The molecule has 9 heteroatoms. The molecule has 0 saturated carbocycles. The van der Waals surface area contributed by atoms with E-state index in [1.54, 1.807) is 0 Å². The fourth-order valence-electron chi connectivity index (χ4n) is 0.254. The summed E-state index contributed by atoms with van der Waals surface area (Å²) in [6.45, 7) is 2.26. The standard InChI is InChI=1S/C6H9FO2.CF4.CH2F2/c1-5(2)6(8)9-4-3-7;2-1(3,4)5;2-1-3/h1,3-4H2,2H3;;1H2. The van der Waals surface area contributed by atoms with Crippen LogP contribution in [0.4, 0.5) is 30.7 Å². The lowest BCUT2D eigenvalue weighted by Crippen LogP contribution is -2.06. The van der Waals surface area contributed by atoms with Crippen molar-refractivity contribution in [3.63, 3.8) is 0 Å². The number of halogens is 7. The molecular formula is C8H11F7O2. The van der Waals surface area contributed by atoms with E-state index in [1.807, 2.05) is 0 Å². The maximum Gasteiger partial charge on any atom is 0.559 e. The lowest BCUT2D eigenvalue weighted by molar-refractivity contribution is -0.237. The van der Waals surface area contributed by atoms with Gasteiger partial charge in [0.2, 0.25) is 6.93 Å². The van der Waals surface area contributed by atoms with Crippen molar-refractivity contribution < 1.29 is 40.3 Å². The zero-order valence-corrected chi connectivity index (χ0v) is 8.79. The third kappa shape index (κ3) is 52.7. The van der Waals surface area contributed by atoms with Gasteiger partial charge in [0, 0.05) is 5.57 Å². The van der Waals surface area contributed by atoms with Crippen LogP contribution in [0.15, 0.2) is 12.2 Å². The highest BCUT2D eigenvalue weighted by Gasteiger charge is 2.24. The van der Waals surface area contributed by atoms with Crippen molar-refractivity contribution in [2.45, 2.75) is 13.4 Å². The predicted octanol–water partition coefficient (Wildman–Crippen LogP) is 3.43. The summed E-state index contributed by atoms with van der Waals surface area (Å²) < 4.78 is 73.6. The maximum absolute atomic E-state index is 11.3. The first-order chi connectivity index (χ1) is 7.59. The number of hydrogen-bond acceptors (Lipinski definition) is 2. The summed E-state index contributed by atoms with van der Waals surface area (Å²) in [6.07, 6.45) is -5.50. The van der Waals surface area contributed by atoms with Crippen LogP contribution in [0, 0.1) is 0 Å². The van der Waals surface area contributed by atoms with Crippen molar-refractivity contribution in [1.29, 1.82) is 0 Å². The topological polar surface area (TPSA) is 26.3 Å². The molecule has 0 fully saturated rings. The van der Waals surface area contributed by atoms with Crippen molar-refractivity contribution in [2.75, 3.05) is 20.2 Å². The van der Waals surface area contributed by atoms with E-state index >= 15 is 0 Å². The van der Waals surface area contributed by atoms with Crippen molar-refractivity contribution in [2.24, 2.45) is 0 Å². The molecular weight excluding hydrogens is 261 g/mol. The summed E-state index contributed by atoms with van der Waals surface area (Å²) in [6, 6.07) is 0. The molecule has 0 spiro atoms. The molecule has 0 bridgehead atoms. The van der Waals surface area contributed by atoms with Gasteiger partial charge < -0.3 is 4.74 Å². The highest BCUT2D eigenvalue weighted by molar-refractivity contribution is 5.86. The van der Waals surface area contributed by atoms with Gasteiger partial charge in [-0.1, -0.05) is 6.58 Å². The first-order valence-corrected chi connectivity index (χ1v) is 3.86. The van der Waals surface area contributed by atoms with Gasteiger partial charge in [-0.3, -0.25) is 0 Å². The minimum atomic E-state index is -5.50. The van der Waals surface area contributed by atoms with E-state index in [0.717, 1.165) is 0 Å². The molecule has 0 aliphatic heterocycles. The van der Waals surface area contributed by atoms with Crippen LogP contribution in [-0.4, -0.2) is 32.6 Å². The third-order valence-electron chi connectivity index (χ3n) is 0.659. The zero-order chi connectivity index (χ0) is 14.5. The first-order valence-electron chi connectivity index (χ1n) is 3.86. The van der Waals surface area contributed by atoms with Gasteiger partial charge in [-0.05, 0) is 6.92 Å². The Morgan fingerprint density at radius 3 is 1.65 bits per heavy atom. The Bertz CT molecular complexity index is 197. The molecule has 0 saturated heterocycles. The predicted molar refractivity (Wildman–Crippen MR) is 46.0 cm³/mol. The van der Waals surface area contributed by atoms with Crippen LogP contribution in [-0.2, 0) is 9.53 Å². The monoisotopic (exact) mass is 272 g/mol. The Morgan fingerprint density at radius 1 is 1.18 bits per heavy atom. The first kappa shape index (κ1) is 21.1. The van der Waals surface area contributed by atoms with E-state index in [0.29, 0.717) is 5.57 Å². The van der Waals surface area contributed by atoms with E-state index in [4.69, 9.17) is 0 Å². The van der Waals surface area contributed by atoms with E-state index in [2.05, 4.69) is 11.3 Å². The summed E-state index contributed by atoms with van der Waals surface area (Å²) in [4.78, 5) is 10.4. The number of esters is 1. The fourth-order valence-corrected chi connectivity index (χ4v) is 0.254. The molecule has 0 aliphatic rings. The summed E-state index contributed by atoms with van der Waals surface area (Å²) in [5, 5.41) is 0. The second-order valence-corrected chi connectivity index (χ2v) is 2.13. The number of carbonyl (C=O) groups excluding carboxylic acids is 1. The second-order valence-electron chi connectivity index (χ2n) is 2.13. The lowest BCUT2D eigenvalue weighted by Gasteiger charge is -1.98. The molecule has 0 aliphatic carbocycles. The van der Waals surface area contributed by atoms with Crippen molar-refractivity contribution in [1.82, 2.24) is 0 Å². The Hall–Kier alpha value is -1.28. The maximum atomic E-state index is 11.3. The Kier molecular flexibility index (Phi) is 15.8. The highest BCUT2D eigenvalue weighted by Crippen LogP contribution is 2.13. The summed E-state index contributed by atoms with van der Waals surface area (Å²) >= 11 is 0. The smallest absolute Gasteiger partial charge is 0.460 e. The number of rotatable bonds is 3. The Labute approximate surface area is 93.0 Å². The van der Waals surface area contributed by atoms with Crippen LogP contribution >= 0.6 is 0 Å². The van der Waals surface area contributed by atoms with E-state index in [9.17, 15) is 35.5 Å². The average Bonchev–Trinajstić information content (AvgIpc) is 2.12. The highest BCUT2D eigenvalue weighted by atomic mass is 19.5. The quantitative estimate of drug-likeness (QED) is 0.447. The van der Waals surface area contributed by atoms with Gasteiger partial charge in [-0.2, -0.15) is 0 Å². The average molecular weight is 272 g/mol. The molecule has 0 radical (unpaired) electrons. The molecule has 17 heavy (non-hydrogen) atoms. The molecule has 0 unspecified atom stereocenters. The zero-order valence-electron chi connectivity index (χ0n) is 8.79. The molecule has 0 aromatic heterocycles. The molecule has 0 amide bonds. The number of hydrogen-bond donors (Lipinski definition) is 0. The summed E-state index contributed by atoms with van der Waals surface area (Å²) in [5.74, 6) is -0.535. The molecule has 0 heterocycles. The number of carbonyl (C=O) groups is 1. The third-order valence-corrected chi connectivity index (χ3v) is 0.659. The van der Waals surface area contributed by atoms with Crippen molar-refractivity contribution in [3.05, 3.63) is 12.2 Å². The SMILES string of the molecule is C=C(C)C(=O)OCCF.FC(F)(F)F.FCF. The fraction of sp³-hybridized carbons (Fsp3) is 0.625. The minimum absolute atomic E-state index is 0.175. The summed E-state index contributed by atoms with van der Waals surface area (Å²) in [7, 11) is 0.